The van der Waals surface area contributed by atoms with E-state index in [1.807, 2.05) is 0 Å². The predicted molar refractivity (Wildman–Crippen MR) is 95.4 cm³/mol. The largest absolute Gasteiger partial charge is 0.507 e. The van der Waals surface area contributed by atoms with Crippen LogP contribution in [0.3, 0.4) is 0 Å². The lowest BCUT2D eigenvalue weighted by atomic mass is 10.2. The average Bonchev–Trinajstić information content (AvgIpc) is 3.17. The van der Waals surface area contributed by atoms with Gasteiger partial charge in [-0.25, -0.2) is 9.97 Å². The monoisotopic (exact) mass is 355 g/mol. The zero-order valence-electron chi connectivity index (χ0n) is 13.0. The summed E-state index contributed by atoms with van der Waals surface area (Å²) in [6.07, 6.45) is 6.03. The first-order valence-corrected chi connectivity index (χ1v) is 8.47. The number of anilines is 1. The second kappa shape index (κ2) is 6.10. The van der Waals surface area contributed by atoms with E-state index in [1.54, 1.807) is 11.3 Å². The number of nitro groups is 1. The molecule has 0 bridgehead atoms. The van der Waals surface area contributed by atoms with Crippen molar-refractivity contribution < 1.29 is 10.0 Å². The summed E-state index contributed by atoms with van der Waals surface area (Å²) in [5.41, 5.74) is 4.29. The molecule has 2 heterocycles. The highest BCUT2D eigenvalue weighted by Crippen LogP contribution is 2.38. The molecule has 2 aromatic heterocycles. The first-order valence-electron chi connectivity index (χ1n) is 7.65. The summed E-state index contributed by atoms with van der Waals surface area (Å²) in [5, 5.41) is 25.7. The fourth-order valence-electron chi connectivity index (χ4n) is 2.94. The van der Waals surface area contributed by atoms with E-state index in [-0.39, 0.29) is 17.0 Å². The number of thiophene rings is 1. The van der Waals surface area contributed by atoms with Crippen LogP contribution in [0.4, 0.5) is 11.5 Å². The lowest BCUT2D eigenvalue weighted by molar-refractivity contribution is -0.384. The van der Waals surface area contributed by atoms with Crippen molar-refractivity contribution in [1.29, 1.82) is 0 Å². The summed E-state index contributed by atoms with van der Waals surface area (Å²) in [7, 11) is 0. The Morgan fingerprint density at radius 1 is 1.36 bits per heavy atom. The van der Waals surface area contributed by atoms with Gasteiger partial charge in [0.2, 0.25) is 0 Å². The SMILES string of the molecule is O=[N+]([O-])c1ccc(O)c(/C=N/Nc2ncnc3sc4c(c23)CCC4)c1. The van der Waals surface area contributed by atoms with Gasteiger partial charge in [0.05, 0.1) is 16.5 Å². The lowest BCUT2D eigenvalue weighted by Crippen LogP contribution is -1.97. The van der Waals surface area contributed by atoms with Crippen LogP contribution in [0, 0.1) is 10.1 Å². The number of rotatable bonds is 4. The maximum absolute atomic E-state index is 10.8. The number of hydrogen-bond acceptors (Lipinski definition) is 8. The Morgan fingerprint density at radius 3 is 3.08 bits per heavy atom. The summed E-state index contributed by atoms with van der Waals surface area (Å²) >= 11 is 1.68. The van der Waals surface area contributed by atoms with Crippen LogP contribution < -0.4 is 5.43 Å². The Morgan fingerprint density at radius 2 is 2.24 bits per heavy atom. The molecule has 0 atom stereocenters. The molecule has 0 radical (unpaired) electrons. The molecule has 1 aromatic carbocycles. The smallest absolute Gasteiger partial charge is 0.270 e. The van der Waals surface area contributed by atoms with Gasteiger partial charge in [-0.2, -0.15) is 5.10 Å². The predicted octanol–water partition coefficient (Wildman–Crippen LogP) is 3.24. The van der Waals surface area contributed by atoms with Crippen molar-refractivity contribution in [1.82, 2.24) is 9.97 Å². The Bertz CT molecular complexity index is 1010. The molecule has 25 heavy (non-hydrogen) atoms. The van der Waals surface area contributed by atoms with E-state index in [1.165, 1.54) is 41.2 Å². The number of nitro benzene ring substituents is 1. The number of aryl methyl sites for hydroxylation is 2. The third-order valence-electron chi connectivity index (χ3n) is 4.10. The standard InChI is InChI=1S/C16H13N5O3S/c22-12-5-4-10(21(23)24)6-9(12)7-19-20-15-14-11-2-1-3-13(11)25-16(14)18-8-17-15/h4-8,22H,1-3H2,(H,17,18,20)/b19-7+. The van der Waals surface area contributed by atoms with Crippen molar-refractivity contribution in [2.24, 2.45) is 5.10 Å². The van der Waals surface area contributed by atoms with E-state index in [2.05, 4.69) is 20.5 Å². The maximum atomic E-state index is 10.8. The van der Waals surface area contributed by atoms with Crippen molar-refractivity contribution in [2.75, 3.05) is 5.43 Å². The molecular weight excluding hydrogens is 342 g/mol. The molecule has 2 N–H and O–H groups in total. The molecular formula is C16H13N5O3S. The van der Waals surface area contributed by atoms with Gasteiger partial charge in [0, 0.05) is 22.6 Å². The van der Waals surface area contributed by atoms with Crippen LogP contribution in [0.5, 0.6) is 5.75 Å². The highest BCUT2D eigenvalue weighted by Gasteiger charge is 2.21. The number of nitrogens with zero attached hydrogens (tertiary/aromatic N) is 4. The minimum absolute atomic E-state index is 0.0830. The van der Waals surface area contributed by atoms with Gasteiger partial charge in [-0.15, -0.1) is 11.3 Å². The molecule has 0 fully saturated rings. The summed E-state index contributed by atoms with van der Waals surface area (Å²) in [6.45, 7) is 0. The quantitative estimate of drug-likeness (QED) is 0.422. The van der Waals surface area contributed by atoms with E-state index in [4.69, 9.17) is 0 Å². The molecule has 9 heteroatoms. The van der Waals surface area contributed by atoms with Crippen molar-refractivity contribution in [3.05, 3.63) is 50.6 Å². The van der Waals surface area contributed by atoms with Gasteiger partial charge < -0.3 is 5.11 Å². The van der Waals surface area contributed by atoms with E-state index in [9.17, 15) is 15.2 Å². The van der Waals surface area contributed by atoms with Crippen LogP contribution in [-0.4, -0.2) is 26.2 Å². The zero-order valence-corrected chi connectivity index (χ0v) is 13.8. The minimum Gasteiger partial charge on any atom is -0.507 e. The highest BCUT2D eigenvalue weighted by atomic mass is 32.1. The second-order valence-electron chi connectivity index (χ2n) is 5.63. The third kappa shape index (κ3) is 2.78. The number of aromatic nitrogens is 2. The van der Waals surface area contributed by atoms with Crippen molar-refractivity contribution >= 4 is 39.3 Å². The van der Waals surface area contributed by atoms with Crippen molar-refractivity contribution in [3.63, 3.8) is 0 Å². The van der Waals surface area contributed by atoms with Crippen LogP contribution in [0.1, 0.15) is 22.4 Å². The number of fused-ring (bicyclic) bond motifs is 3. The number of phenolic OH excluding ortho intramolecular Hbond substituents is 1. The lowest BCUT2D eigenvalue weighted by Gasteiger charge is -2.03. The van der Waals surface area contributed by atoms with Gasteiger partial charge in [-0.1, -0.05) is 0 Å². The van der Waals surface area contributed by atoms with Gasteiger partial charge in [0.25, 0.3) is 5.69 Å². The van der Waals surface area contributed by atoms with E-state index >= 15 is 0 Å². The molecule has 4 rings (SSSR count). The van der Waals surface area contributed by atoms with Gasteiger partial charge >= 0.3 is 0 Å². The van der Waals surface area contributed by atoms with Crippen LogP contribution in [0.2, 0.25) is 0 Å². The number of phenols is 1. The van der Waals surface area contributed by atoms with Crippen molar-refractivity contribution in [2.45, 2.75) is 19.3 Å². The molecule has 0 saturated carbocycles. The molecule has 1 aliphatic carbocycles. The topological polar surface area (TPSA) is 114 Å². The molecule has 8 nitrogen and oxygen atoms in total. The number of nitrogens with one attached hydrogen (secondary N) is 1. The Kier molecular flexibility index (Phi) is 3.77. The third-order valence-corrected chi connectivity index (χ3v) is 5.30. The number of benzene rings is 1. The average molecular weight is 355 g/mol. The summed E-state index contributed by atoms with van der Waals surface area (Å²) in [4.78, 5) is 21.2. The van der Waals surface area contributed by atoms with E-state index in [0.717, 1.165) is 29.5 Å². The van der Waals surface area contributed by atoms with Crippen molar-refractivity contribution in [3.8, 4) is 5.75 Å². The van der Waals surface area contributed by atoms with Crippen LogP contribution in [0.25, 0.3) is 10.2 Å². The maximum Gasteiger partial charge on any atom is 0.270 e. The van der Waals surface area contributed by atoms with Crippen LogP contribution in [-0.2, 0) is 12.8 Å². The summed E-state index contributed by atoms with van der Waals surface area (Å²) in [6, 6.07) is 3.77. The molecule has 0 aliphatic heterocycles. The van der Waals surface area contributed by atoms with Crippen LogP contribution >= 0.6 is 11.3 Å². The second-order valence-corrected chi connectivity index (χ2v) is 6.71. The molecule has 126 valence electrons. The van der Waals surface area contributed by atoms with E-state index < -0.39 is 4.92 Å². The fourth-order valence-corrected chi connectivity index (χ4v) is 4.16. The van der Waals surface area contributed by atoms with Crippen LogP contribution in [0.15, 0.2) is 29.6 Å². The Balaban J connectivity index is 1.64. The highest BCUT2D eigenvalue weighted by molar-refractivity contribution is 7.19. The first-order chi connectivity index (χ1) is 12.1. The molecule has 0 spiro atoms. The normalized spacial score (nSPS) is 13.4. The minimum atomic E-state index is -0.521. The fraction of sp³-hybridized carbons (Fsp3) is 0.188. The number of aromatic hydroxyl groups is 1. The number of non-ortho nitro benzene ring substituents is 1. The van der Waals surface area contributed by atoms with Gasteiger partial charge in [0.15, 0.2) is 5.82 Å². The molecule has 1 aliphatic rings. The summed E-state index contributed by atoms with van der Waals surface area (Å²) < 4.78 is 0. The Hall–Kier alpha value is -3.07. The first kappa shape index (κ1) is 15.5. The molecule has 0 saturated heterocycles. The Labute approximate surface area is 146 Å². The molecule has 3 aromatic rings. The van der Waals surface area contributed by atoms with E-state index in [0.29, 0.717) is 5.82 Å². The zero-order chi connectivity index (χ0) is 17.4. The van der Waals surface area contributed by atoms with Gasteiger partial charge in [-0.05, 0) is 30.9 Å². The molecule has 0 amide bonds. The number of hydrazone groups is 1. The molecule has 0 unspecified atom stereocenters. The van der Waals surface area contributed by atoms with Gasteiger partial charge in [-0.3, -0.25) is 15.5 Å². The number of hydrogen-bond donors (Lipinski definition) is 2. The summed E-state index contributed by atoms with van der Waals surface area (Å²) in [5.74, 6) is 0.519. The van der Waals surface area contributed by atoms with Gasteiger partial charge in [0.1, 0.15) is 16.9 Å².